The predicted molar refractivity (Wildman–Crippen MR) is 138 cm³/mol. The first-order valence-electron chi connectivity index (χ1n) is 11.7. The van der Waals surface area contributed by atoms with Crippen molar-refractivity contribution in [3.05, 3.63) is 86.6 Å². The number of nitrogens with zero attached hydrogens (tertiary/aromatic N) is 2. The molecule has 4 rings (SSSR count). The highest BCUT2D eigenvalue weighted by molar-refractivity contribution is 7.89. The lowest BCUT2D eigenvalue weighted by atomic mass is 9.93. The minimum atomic E-state index is -4.69. The van der Waals surface area contributed by atoms with Gasteiger partial charge in [0, 0.05) is 23.0 Å². The van der Waals surface area contributed by atoms with Crippen LogP contribution in [0.2, 0.25) is 5.02 Å². The van der Waals surface area contributed by atoms with Gasteiger partial charge in [0.1, 0.15) is 0 Å². The lowest BCUT2D eigenvalue weighted by Crippen LogP contribution is -2.47. The van der Waals surface area contributed by atoms with Crippen LogP contribution in [0, 0.1) is 5.92 Å². The number of carbonyl (C=O) groups is 1. The van der Waals surface area contributed by atoms with Gasteiger partial charge in [0.05, 0.1) is 23.0 Å². The monoisotopic (exact) mass is 570 g/mol. The lowest BCUT2D eigenvalue weighted by molar-refractivity contribution is -0.137. The van der Waals surface area contributed by atoms with E-state index in [-0.39, 0.29) is 12.5 Å². The second kappa shape index (κ2) is 10.8. The Kier molecular flexibility index (Phi) is 8.04. The number of fused-ring (bicyclic) bond motifs is 1. The smallest absolute Gasteiger partial charge is 0.330 e. The molecule has 0 spiro atoms. The Hall–Kier alpha value is -2.40. The molecule has 0 radical (unpaired) electrons. The van der Waals surface area contributed by atoms with E-state index in [1.807, 2.05) is 23.6 Å². The van der Waals surface area contributed by atoms with Crippen molar-refractivity contribution in [3.8, 4) is 0 Å². The second-order valence-electron chi connectivity index (χ2n) is 9.31. The molecule has 5 nitrogen and oxygen atoms in total. The van der Waals surface area contributed by atoms with E-state index in [0.29, 0.717) is 24.1 Å². The van der Waals surface area contributed by atoms with Crippen molar-refractivity contribution < 1.29 is 26.4 Å². The maximum Gasteiger partial charge on any atom is 0.416 e. The molecular formula is C26H26ClF3N2O3S2. The second-order valence-corrected chi connectivity index (χ2v) is 12.7. The van der Waals surface area contributed by atoms with Crippen LogP contribution in [0.1, 0.15) is 41.5 Å². The zero-order valence-electron chi connectivity index (χ0n) is 20.2. The fourth-order valence-electron chi connectivity index (χ4n) is 4.47. The Bertz CT molecular complexity index is 1370. The van der Waals surface area contributed by atoms with Crippen LogP contribution in [0.15, 0.2) is 64.9 Å². The van der Waals surface area contributed by atoms with Gasteiger partial charge in [-0.15, -0.1) is 11.3 Å². The zero-order valence-corrected chi connectivity index (χ0v) is 22.6. The van der Waals surface area contributed by atoms with E-state index < -0.39 is 45.2 Å². The van der Waals surface area contributed by atoms with Gasteiger partial charge >= 0.3 is 6.18 Å². The topological polar surface area (TPSA) is 57.7 Å². The Morgan fingerprint density at radius 3 is 2.51 bits per heavy atom. The molecule has 2 aromatic carbocycles. The van der Waals surface area contributed by atoms with Gasteiger partial charge in [-0.05, 0) is 65.2 Å². The fraction of sp³-hybridized carbons (Fsp3) is 0.346. The van der Waals surface area contributed by atoms with E-state index >= 15 is 0 Å². The summed E-state index contributed by atoms with van der Waals surface area (Å²) < 4.78 is 67.8. The van der Waals surface area contributed by atoms with Gasteiger partial charge in [0.25, 0.3) is 0 Å². The quantitative estimate of drug-likeness (QED) is 0.338. The number of benzene rings is 2. The van der Waals surface area contributed by atoms with Crippen molar-refractivity contribution in [3.63, 3.8) is 0 Å². The van der Waals surface area contributed by atoms with Crippen molar-refractivity contribution in [1.29, 1.82) is 0 Å². The number of amides is 1. The maximum atomic E-state index is 13.7. The van der Waals surface area contributed by atoms with E-state index in [1.54, 1.807) is 42.2 Å². The molecule has 1 unspecified atom stereocenters. The molecule has 1 aliphatic rings. The predicted octanol–water partition coefficient (Wildman–Crippen LogP) is 6.24. The van der Waals surface area contributed by atoms with Crippen LogP contribution < -0.4 is 0 Å². The van der Waals surface area contributed by atoms with Gasteiger partial charge in [-0.2, -0.15) is 17.5 Å². The molecular weight excluding hydrogens is 545 g/mol. The van der Waals surface area contributed by atoms with E-state index in [2.05, 4.69) is 0 Å². The number of sulfonamides is 1. The molecule has 1 aromatic heterocycles. The van der Waals surface area contributed by atoms with Crippen LogP contribution in [0.3, 0.4) is 0 Å². The highest BCUT2D eigenvalue weighted by Crippen LogP contribution is 2.38. The van der Waals surface area contributed by atoms with Crippen LogP contribution in [0.5, 0.6) is 0 Å². The largest absolute Gasteiger partial charge is 0.416 e. The van der Waals surface area contributed by atoms with Gasteiger partial charge < -0.3 is 4.90 Å². The minimum Gasteiger partial charge on any atom is -0.330 e. The van der Waals surface area contributed by atoms with E-state index in [4.69, 9.17) is 11.6 Å². The molecule has 0 saturated carbocycles. The molecule has 198 valence electrons. The van der Waals surface area contributed by atoms with Crippen LogP contribution in [0.4, 0.5) is 13.2 Å². The lowest BCUT2D eigenvalue weighted by Gasteiger charge is -2.37. The summed E-state index contributed by atoms with van der Waals surface area (Å²) in [5, 5.41) is 2.52. The number of halogens is 4. The fourth-order valence-corrected chi connectivity index (χ4v) is 7.10. The van der Waals surface area contributed by atoms with Crippen molar-refractivity contribution >= 4 is 38.9 Å². The number of alkyl halides is 3. The van der Waals surface area contributed by atoms with Crippen LogP contribution in [0.25, 0.3) is 0 Å². The van der Waals surface area contributed by atoms with Crippen LogP contribution in [-0.2, 0) is 27.4 Å². The summed E-state index contributed by atoms with van der Waals surface area (Å²) in [5.41, 5.74) is 0.754. The molecule has 0 bridgehead atoms. The Balaban J connectivity index is 1.67. The molecule has 0 N–H and O–H groups in total. The van der Waals surface area contributed by atoms with E-state index in [1.165, 1.54) is 0 Å². The number of hydrogen-bond donors (Lipinski definition) is 0. The van der Waals surface area contributed by atoms with Crippen LogP contribution in [-0.4, -0.2) is 43.2 Å². The third-order valence-corrected chi connectivity index (χ3v) is 9.21. The number of hydrogen-bond acceptors (Lipinski definition) is 4. The molecule has 0 aliphatic carbocycles. The maximum absolute atomic E-state index is 13.7. The number of carbonyl (C=O) groups excluding carboxylic acids is 1. The Morgan fingerprint density at radius 2 is 1.86 bits per heavy atom. The number of rotatable bonds is 7. The summed E-state index contributed by atoms with van der Waals surface area (Å²) in [4.78, 5) is 16.0. The third kappa shape index (κ3) is 6.03. The molecule has 3 aromatic rings. The van der Waals surface area contributed by atoms with Gasteiger partial charge in [0.2, 0.25) is 15.9 Å². The highest BCUT2D eigenvalue weighted by Gasteiger charge is 2.37. The Morgan fingerprint density at radius 1 is 1.16 bits per heavy atom. The molecule has 1 amide bonds. The molecule has 1 aliphatic heterocycles. The molecule has 2 heterocycles. The molecule has 0 fully saturated rings. The molecule has 37 heavy (non-hydrogen) atoms. The van der Waals surface area contributed by atoms with Crippen molar-refractivity contribution in [1.82, 2.24) is 9.21 Å². The summed E-state index contributed by atoms with van der Waals surface area (Å²) in [7, 11) is -4.38. The normalized spacial score (nSPS) is 16.3. The van der Waals surface area contributed by atoms with Gasteiger partial charge in [-0.3, -0.25) is 4.79 Å². The summed E-state index contributed by atoms with van der Waals surface area (Å²) in [6, 6.07) is 12.3. The van der Waals surface area contributed by atoms with E-state index in [9.17, 15) is 26.4 Å². The number of thiophene rings is 1. The first-order valence-corrected chi connectivity index (χ1v) is 14.4. The standard InChI is InChI=1S/C26H26ClF3N2O3S2/c1-17(2)15-31(37(34,35)21-5-3-4-19(14-21)26(28,29)30)16-24(33)32-12-10-23-22(11-13-36-23)25(32)18-6-8-20(27)9-7-18/h3-9,11,13-14,17,25H,10,12,15-16H2,1-2H3. The minimum absolute atomic E-state index is 0.0204. The molecule has 0 saturated heterocycles. The van der Waals surface area contributed by atoms with Crippen molar-refractivity contribution in [2.45, 2.75) is 37.4 Å². The zero-order chi connectivity index (χ0) is 27.0. The van der Waals surface area contributed by atoms with Gasteiger partial charge in [0.15, 0.2) is 0 Å². The van der Waals surface area contributed by atoms with E-state index in [0.717, 1.165) is 38.5 Å². The Labute approximate surface area is 223 Å². The molecule has 11 heteroatoms. The summed E-state index contributed by atoms with van der Waals surface area (Å²) in [6.07, 6.45) is -4.06. The van der Waals surface area contributed by atoms with Gasteiger partial charge in [-0.25, -0.2) is 8.42 Å². The van der Waals surface area contributed by atoms with Crippen molar-refractivity contribution in [2.24, 2.45) is 5.92 Å². The summed E-state index contributed by atoms with van der Waals surface area (Å²) >= 11 is 7.68. The van der Waals surface area contributed by atoms with Crippen molar-refractivity contribution in [2.75, 3.05) is 19.6 Å². The first kappa shape index (κ1) is 27.6. The summed E-state index contributed by atoms with van der Waals surface area (Å²) in [6.45, 7) is 3.45. The first-order chi connectivity index (χ1) is 17.4. The summed E-state index contributed by atoms with van der Waals surface area (Å²) in [5.74, 6) is -0.585. The van der Waals surface area contributed by atoms with Crippen LogP contribution >= 0.6 is 22.9 Å². The van der Waals surface area contributed by atoms with Gasteiger partial charge in [-0.1, -0.05) is 43.6 Å². The SMILES string of the molecule is CC(C)CN(CC(=O)N1CCc2sccc2C1c1ccc(Cl)cc1)S(=O)(=O)c1cccc(C(F)(F)F)c1. The average Bonchev–Trinajstić information content (AvgIpc) is 3.32. The average molecular weight is 571 g/mol. The molecule has 1 atom stereocenters. The highest BCUT2D eigenvalue weighted by atomic mass is 35.5. The third-order valence-electron chi connectivity index (χ3n) is 6.15.